The summed E-state index contributed by atoms with van der Waals surface area (Å²) in [5.41, 5.74) is 0. The highest BCUT2D eigenvalue weighted by molar-refractivity contribution is 5.72. The van der Waals surface area contributed by atoms with Crippen molar-refractivity contribution in [3.63, 3.8) is 0 Å². The van der Waals surface area contributed by atoms with E-state index in [4.69, 9.17) is 24.1 Å². The third-order valence-electron chi connectivity index (χ3n) is 5.73. The molecule has 12 N–H and O–H groups in total. The number of aliphatic hydroxyl groups is 11. The van der Waals surface area contributed by atoms with Crippen molar-refractivity contribution in [2.75, 3.05) is 19.8 Å². The molecule has 0 bridgehead atoms. The maximum atomic E-state index is 10.9. The van der Waals surface area contributed by atoms with Gasteiger partial charge in [-0.15, -0.1) is 0 Å². The molecule has 206 valence electrons. The monoisotopic (exact) mass is 520 g/mol. The summed E-state index contributed by atoms with van der Waals surface area (Å²) in [6, 6.07) is 0. The zero-order valence-electron chi connectivity index (χ0n) is 18.1. The van der Waals surface area contributed by atoms with E-state index in [1.807, 2.05) is 0 Å². The molecule has 17 heteroatoms. The number of rotatable bonds is 11. The molecule has 0 aromatic heterocycles. The molecule has 2 rings (SSSR count). The summed E-state index contributed by atoms with van der Waals surface area (Å²) in [5.74, 6) is -1.90. The first-order chi connectivity index (χ1) is 16.4. The Morgan fingerprint density at radius 1 is 0.771 bits per heavy atom. The fourth-order valence-electron chi connectivity index (χ4n) is 3.65. The van der Waals surface area contributed by atoms with Gasteiger partial charge in [0.15, 0.2) is 18.7 Å². The lowest BCUT2D eigenvalue weighted by molar-refractivity contribution is -0.367. The maximum Gasteiger partial charge on any atom is 0.335 e. The van der Waals surface area contributed by atoms with Gasteiger partial charge in [-0.1, -0.05) is 0 Å². The summed E-state index contributed by atoms with van der Waals surface area (Å²) in [4.78, 5) is 10.9. The van der Waals surface area contributed by atoms with E-state index in [-0.39, 0.29) is 0 Å². The summed E-state index contributed by atoms with van der Waals surface area (Å²) in [6.07, 6.45) is -26.7. The molecular weight excluding hydrogens is 488 g/mol. The quantitative estimate of drug-likeness (QED) is 0.120. The molecule has 2 fully saturated rings. The topological polar surface area (TPSA) is 297 Å². The molecule has 6 unspecified atom stereocenters. The average Bonchev–Trinajstić information content (AvgIpc) is 2.84. The molecule has 0 aliphatic carbocycles. The number of hydrogen-bond acceptors (Lipinski definition) is 16. The lowest BCUT2D eigenvalue weighted by atomic mass is 9.96. The lowest BCUT2D eigenvalue weighted by Gasteiger charge is -2.46. The molecule has 0 radical (unpaired) electrons. The zero-order chi connectivity index (χ0) is 26.6. The Hall–Kier alpha value is -1.13. The zero-order valence-corrected chi connectivity index (χ0v) is 18.1. The van der Waals surface area contributed by atoms with Crippen molar-refractivity contribution in [3.05, 3.63) is 0 Å². The van der Waals surface area contributed by atoms with Gasteiger partial charge in [-0.25, -0.2) is 4.79 Å². The molecule has 0 amide bonds. The Labute approximate surface area is 197 Å². The molecule has 0 aromatic rings. The number of carboxylic acid groups (broad SMARTS) is 1. The van der Waals surface area contributed by atoms with E-state index in [2.05, 4.69) is 0 Å². The summed E-state index contributed by atoms with van der Waals surface area (Å²) < 4.78 is 20.9. The molecule has 2 saturated heterocycles. The van der Waals surface area contributed by atoms with Gasteiger partial charge < -0.3 is 80.2 Å². The smallest absolute Gasteiger partial charge is 0.335 e. The Kier molecular flexibility index (Phi) is 11.1. The van der Waals surface area contributed by atoms with E-state index in [0.717, 1.165) is 0 Å². The van der Waals surface area contributed by atoms with Crippen molar-refractivity contribution in [3.8, 4) is 0 Å². The highest BCUT2D eigenvalue weighted by Gasteiger charge is 2.52. The van der Waals surface area contributed by atoms with Gasteiger partial charge in [0.25, 0.3) is 0 Å². The second-order valence-corrected chi connectivity index (χ2v) is 8.13. The average molecular weight is 520 g/mol. The number of carbonyl (C=O) groups is 1. The first kappa shape index (κ1) is 30.1. The molecule has 17 nitrogen and oxygen atoms in total. The van der Waals surface area contributed by atoms with Crippen LogP contribution in [0.3, 0.4) is 0 Å². The van der Waals surface area contributed by atoms with Gasteiger partial charge in [0.1, 0.15) is 67.1 Å². The molecule has 0 saturated carbocycles. The molecule has 2 aliphatic heterocycles. The minimum atomic E-state index is -2.48. The van der Waals surface area contributed by atoms with E-state index < -0.39 is 112 Å². The largest absolute Gasteiger partial charge is 0.479 e. The van der Waals surface area contributed by atoms with E-state index in [1.165, 1.54) is 0 Å². The van der Waals surface area contributed by atoms with E-state index in [1.54, 1.807) is 0 Å². The fraction of sp³-hybridized carbons (Fsp3) is 0.944. The van der Waals surface area contributed by atoms with Crippen LogP contribution in [-0.4, -0.2) is 173 Å². The van der Waals surface area contributed by atoms with Gasteiger partial charge >= 0.3 is 5.97 Å². The fourth-order valence-corrected chi connectivity index (χ4v) is 3.65. The molecule has 35 heavy (non-hydrogen) atoms. The Bertz CT molecular complexity index is 663. The third-order valence-corrected chi connectivity index (χ3v) is 5.73. The van der Waals surface area contributed by atoms with Crippen LogP contribution in [-0.2, 0) is 23.7 Å². The van der Waals surface area contributed by atoms with E-state index in [9.17, 15) is 61.0 Å². The van der Waals surface area contributed by atoms with Crippen molar-refractivity contribution in [2.24, 2.45) is 0 Å². The van der Waals surface area contributed by atoms with Crippen molar-refractivity contribution in [1.82, 2.24) is 0 Å². The number of carboxylic acids is 1. The van der Waals surface area contributed by atoms with Gasteiger partial charge in [0.05, 0.1) is 19.8 Å². The van der Waals surface area contributed by atoms with Crippen molar-refractivity contribution >= 4 is 5.97 Å². The minimum absolute atomic E-state index is 0.782. The maximum absolute atomic E-state index is 10.9. The van der Waals surface area contributed by atoms with E-state index >= 15 is 0 Å². The summed E-state index contributed by atoms with van der Waals surface area (Å²) >= 11 is 0. The van der Waals surface area contributed by atoms with Crippen LogP contribution in [0.2, 0.25) is 0 Å². The van der Waals surface area contributed by atoms with Crippen LogP contribution in [0.15, 0.2) is 0 Å². The van der Waals surface area contributed by atoms with Crippen molar-refractivity contribution in [2.45, 2.75) is 85.8 Å². The van der Waals surface area contributed by atoms with Crippen LogP contribution in [0, 0.1) is 0 Å². The molecule has 14 atom stereocenters. The SMILES string of the molecule is O=C(O)C(O)[C@@H](O)[C@@H](O[C@@H]1OC(CO)[C@H](O[C@@H]2OC(CO)[C@H](O)[C@H](O)C2O)[C@H](O)C1O)C(O)CO. The number of ether oxygens (including phenoxy) is 4. The van der Waals surface area contributed by atoms with Crippen molar-refractivity contribution in [1.29, 1.82) is 0 Å². The highest BCUT2D eigenvalue weighted by atomic mass is 16.7. The minimum Gasteiger partial charge on any atom is -0.479 e. The van der Waals surface area contributed by atoms with Crippen LogP contribution in [0.1, 0.15) is 0 Å². The second-order valence-electron chi connectivity index (χ2n) is 8.13. The predicted molar refractivity (Wildman–Crippen MR) is 104 cm³/mol. The van der Waals surface area contributed by atoms with E-state index in [0.29, 0.717) is 0 Å². The normalized spacial score (nSPS) is 41.7. The second kappa shape index (κ2) is 12.9. The van der Waals surface area contributed by atoms with Gasteiger partial charge in [-0.2, -0.15) is 0 Å². The van der Waals surface area contributed by atoms with Crippen molar-refractivity contribution < 1.29 is 85.0 Å². The summed E-state index contributed by atoms with van der Waals surface area (Å²) in [6.45, 7) is -2.78. The van der Waals surface area contributed by atoms with Gasteiger partial charge in [-0.3, -0.25) is 0 Å². The van der Waals surface area contributed by atoms with Gasteiger partial charge in [0.2, 0.25) is 0 Å². The molecule has 0 aromatic carbocycles. The number of aliphatic hydroxyl groups excluding tert-OH is 11. The van der Waals surface area contributed by atoms with Gasteiger partial charge in [0, 0.05) is 0 Å². The summed E-state index contributed by atoms with van der Waals surface area (Å²) in [5, 5.41) is 117. The Balaban J connectivity index is 2.19. The standard InChI is InChI=1S/C18H32O17/c19-1-4(22)14(9(25)11(27)16(30)31)34-18-13(29)10(26)15(6(3-21)33-18)35-17-12(28)8(24)7(23)5(2-20)32-17/h4-15,17-29H,1-3H2,(H,30,31)/t4?,5?,6?,7-,8-,9+,10+,11?,12?,13?,14-,15-,17-,18-/m0/s1. The van der Waals surface area contributed by atoms with Crippen LogP contribution in [0.5, 0.6) is 0 Å². The van der Waals surface area contributed by atoms with Crippen LogP contribution in [0.4, 0.5) is 0 Å². The lowest BCUT2D eigenvalue weighted by Crippen LogP contribution is -2.65. The number of hydrogen-bond donors (Lipinski definition) is 12. The number of aliphatic carboxylic acids is 1. The molecule has 2 aliphatic rings. The van der Waals surface area contributed by atoms with Gasteiger partial charge in [-0.05, 0) is 0 Å². The molecule has 0 spiro atoms. The Morgan fingerprint density at radius 2 is 1.31 bits per heavy atom. The first-order valence-corrected chi connectivity index (χ1v) is 10.5. The van der Waals surface area contributed by atoms with Crippen LogP contribution < -0.4 is 0 Å². The third kappa shape index (κ3) is 6.60. The highest BCUT2D eigenvalue weighted by Crippen LogP contribution is 2.30. The van der Waals surface area contributed by atoms with Crippen LogP contribution >= 0.6 is 0 Å². The predicted octanol–water partition coefficient (Wildman–Crippen LogP) is -7.84. The van der Waals surface area contributed by atoms with Crippen LogP contribution in [0.25, 0.3) is 0 Å². The molecule has 2 heterocycles. The summed E-state index contributed by atoms with van der Waals surface area (Å²) in [7, 11) is 0. The Morgan fingerprint density at radius 3 is 1.83 bits per heavy atom. The first-order valence-electron chi connectivity index (χ1n) is 10.5. The molecular formula is C18H32O17.